The standard InChI is InChI=1S/C25H21F2N3O2/c1-17-4-2-5-18(12-17)15-30-11-10-24(29-30)28-25(31)20-7-3-6-19(13-20)16-32-23-9-8-21(26)14-22(23)27/h2-14H,15-16H2,1H3,(H,28,29,31). The van der Waals surface area contributed by atoms with E-state index in [0.29, 0.717) is 23.5 Å². The number of amides is 1. The lowest BCUT2D eigenvalue weighted by Gasteiger charge is -2.09. The first kappa shape index (κ1) is 21.2. The van der Waals surface area contributed by atoms with E-state index in [0.717, 1.165) is 17.7 Å². The molecule has 1 aromatic heterocycles. The van der Waals surface area contributed by atoms with Crippen molar-refractivity contribution < 1.29 is 18.3 Å². The van der Waals surface area contributed by atoms with E-state index < -0.39 is 11.6 Å². The van der Waals surface area contributed by atoms with Gasteiger partial charge in [-0.2, -0.15) is 5.10 Å². The number of aryl methyl sites for hydroxylation is 1. The van der Waals surface area contributed by atoms with E-state index in [1.165, 1.54) is 11.6 Å². The van der Waals surface area contributed by atoms with Crippen molar-refractivity contribution >= 4 is 11.7 Å². The van der Waals surface area contributed by atoms with Crippen molar-refractivity contribution in [2.75, 3.05) is 5.32 Å². The van der Waals surface area contributed by atoms with Gasteiger partial charge in [-0.25, -0.2) is 8.78 Å². The van der Waals surface area contributed by atoms with Gasteiger partial charge in [0.25, 0.3) is 5.91 Å². The number of hydrogen-bond acceptors (Lipinski definition) is 3. The molecule has 0 bridgehead atoms. The van der Waals surface area contributed by atoms with Crippen molar-refractivity contribution in [1.82, 2.24) is 9.78 Å². The number of nitrogens with one attached hydrogen (secondary N) is 1. The molecule has 0 radical (unpaired) electrons. The molecular formula is C25H21F2N3O2. The summed E-state index contributed by atoms with van der Waals surface area (Å²) >= 11 is 0. The Hall–Kier alpha value is -4.00. The summed E-state index contributed by atoms with van der Waals surface area (Å²) in [5, 5.41) is 7.18. The number of ether oxygens (including phenoxy) is 1. The van der Waals surface area contributed by atoms with Crippen molar-refractivity contribution in [2.45, 2.75) is 20.1 Å². The predicted molar refractivity (Wildman–Crippen MR) is 118 cm³/mol. The number of aromatic nitrogens is 2. The fourth-order valence-electron chi connectivity index (χ4n) is 3.26. The summed E-state index contributed by atoms with van der Waals surface area (Å²) in [7, 11) is 0. The average molecular weight is 433 g/mol. The van der Waals surface area contributed by atoms with E-state index in [9.17, 15) is 13.6 Å². The van der Waals surface area contributed by atoms with E-state index in [-0.39, 0.29) is 18.3 Å². The topological polar surface area (TPSA) is 56.2 Å². The molecule has 0 atom stereocenters. The average Bonchev–Trinajstić information content (AvgIpc) is 3.20. The van der Waals surface area contributed by atoms with Crippen LogP contribution in [0.5, 0.6) is 5.75 Å². The quantitative estimate of drug-likeness (QED) is 0.428. The summed E-state index contributed by atoms with van der Waals surface area (Å²) in [6, 6.07) is 19.8. The van der Waals surface area contributed by atoms with Crippen LogP contribution in [0.4, 0.5) is 14.6 Å². The summed E-state index contributed by atoms with van der Waals surface area (Å²) in [6.07, 6.45) is 1.81. The fraction of sp³-hybridized carbons (Fsp3) is 0.120. The number of carbonyl (C=O) groups excluding carboxylic acids is 1. The molecule has 0 aliphatic carbocycles. The minimum absolute atomic E-state index is 0.0365. The molecule has 0 unspecified atom stereocenters. The third kappa shape index (κ3) is 5.37. The van der Waals surface area contributed by atoms with Crippen LogP contribution in [0.2, 0.25) is 0 Å². The lowest BCUT2D eigenvalue weighted by Crippen LogP contribution is -2.13. The third-order valence-electron chi connectivity index (χ3n) is 4.79. The zero-order valence-corrected chi connectivity index (χ0v) is 17.4. The largest absolute Gasteiger partial charge is 0.486 e. The molecule has 3 aromatic carbocycles. The van der Waals surface area contributed by atoms with Crippen LogP contribution < -0.4 is 10.1 Å². The van der Waals surface area contributed by atoms with Crippen LogP contribution in [-0.2, 0) is 13.2 Å². The molecule has 7 heteroatoms. The molecular weight excluding hydrogens is 412 g/mol. The van der Waals surface area contributed by atoms with Crippen LogP contribution >= 0.6 is 0 Å². The summed E-state index contributed by atoms with van der Waals surface area (Å²) in [6.45, 7) is 2.67. The number of rotatable bonds is 7. The first-order valence-electron chi connectivity index (χ1n) is 10.0. The van der Waals surface area contributed by atoms with Crippen LogP contribution in [0.1, 0.15) is 27.0 Å². The molecule has 1 amide bonds. The Bertz CT molecular complexity index is 1250. The molecule has 5 nitrogen and oxygen atoms in total. The highest BCUT2D eigenvalue weighted by molar-refractivity contribution is 6.03. The van der Waals surface area contributed by atoms with Gasteiger partial charge in [0.1, 0.15) is 12.4 Å². The van der Waals surface area contributed by atoms with Gasteiger partial charge in [-0.15, -0.1) is 0 Å². The Morgan fingerprint density at radius 3 is 2.62 bits per heavy atom. The predicted octanol–water partition coefficient (Wildman–Crippen LogP) is 5.35. The lowest BCUT2D eigenvalue weighted by atomic mass is 10.1. The van der Waals surface area contributed by atoms with Gasteiger partial charge in [0, 0.05) is 23.9 Å². The molecule has 0 aliphatic heterocycles. The van der Waals surface area contributed by atoms with Gasteiger partial charge in [-0.3, -0.25) is 9.48 Å². The maximum atomic E-state index is 13.7. The highest BCUT2D eigenvalue weighted by atomic mass is 19.1. The van der Waals surface area contributed by atoms with Gasteiger partial charge in [0.05, 0.1) is 6.54 Å². The molecule has 4 aromatic rings. The minimum Gasteiger partial charge on any atom is -0.486 e. The van der Waals surface area contributed by atoms with E-state index in [4.69, 9.17) is 4.74 Å². The zero-order valence-electron chi connectivity index (χ0n) is 17.4. The van der Waals surface area contributed by atoms with E-state index in [1.807, 2.05) is 25.1 Å². The van der Waals surface area contributed by atoms with Gasteiger partial charge >= 0.3 is 0 Å². The molecule has 0 fully saturated rings. The monoisotopic (exact) mass is 433 g/mol. The van der Waals surface area contributed by atoms with Gasteiger partial charge in [-0.05, 0) is 42.3 Å². The molecule has 162 valence electrons. The highest BCUT2D eigenvalue weighted by Crippen LogP contribution is 2.19. The maximum Gasteiger partial charge on any atom is 0.256 e. The summed E-state index contributed by atoms with van der Waals surface area (Å²) in [5.74, 6) is -1.38. The second-order valence-corrected chi connectivity index (χ2v) is 7.41. The Kier molecular flexibility index (Phi) is 6.26. The summed E-state index contributed by atoms with van der Waals surface area (Å²) < 4.78 is 33.9. The molecule has 4 rings (SSSR count). The van der Waals surface area contributed by atoms with E-state index in [2.05, 4.69) is 16.5 Å². The van der Waals surface area contributed by atoms with Crippen molar-refractivity contribution in [3.8, 4) is 5.75 Å². The number of benzene rings is 3. The number of carbonyl (C=O) groups is 1. The molecule has 0 saturated carbocycles. The van der Waals surface area contributed by atoms with Crippen molar-refractivity contribution in [1.29, 1.82) is 0 Å². The molecule has 1 N–H and O–H groups in total. The SMILES string of the molecule is Cc1cccc(Cn2ccc(NC(=O)c3cccc(COc4ccc(F)cc4F)c3)n2)c1. The molecule has 0 aliphatic rings. The fourth-order valence-corrected chi connectivity index (χ4v) is 3.26. The molecule has 0 saturated heterocycles. The zero-order chi connectivity index (χ0) is 22.5. The first-order chi connectivity index (χ1) is 15.5. The van der Waals surface area contributed by atoms with Crippen molar-refractivity contribution in [3.05, 3.63) is 113 Å². The molecule has 1 heterocycles. The van der Waals surface area contributed by atoms with E-state index in [1.54, 1.807) is 41.2 Å². The molecule has 32 heavy (non-hydrogen) atoms. The Balaban J connectivity index is 1.38. The normalized spacial score (nSPS) is 10.7. The van der Waals surface area contributed by atoms with E-state index >= 15 is 0 Å². The summed E-state index contributed by atoms with van der Waals surface area (Å²) in [5.41, 5.74) is 3.38. The Labute approximate surface area is 184 Å². The highest BCUT2D eigenvalue weighted by Gasteiger charge is 2.10. The second kappa shape index (κ2) is 9.43. The Morgan fingerprint density at radius 1 is 1.00 bits per heavy atom. The van der Waals surface area contributed by atoms with Crippen LogP contribution in [0.15, 0.2) is 79.0 Å². The maximum absolute atomic E-state index is 13.7. The second-order valence-electron chi connectivity index (χ2n) is 7.41. The number of halogens is 2. The van der Waals surface area contributed by atoms with Crippen molar-refractivity contribution in [2.24, 2.45) is 0 Å². The van der Waals surface area contributed by atoms with Crippen LogP contribution in [0, 0.1) is 18.6 Å². The lowest BCUT2D eigenvalue weighted by molar-refractivity contribution is 0.102. The van der Waals surface area contributed by atoms with Crippen LogP contribution in [0.3, 0.4) is 0 Å². The van der Waals surface area contributed by atoms with Gasteiger partial charge < -0.3 is 10.1 Å². The minimum atomic E-state index is -0.778. The number of anilines is 1. The smallest absolute Gasteiger partial charge is 0.256 e. The van der Waals surface area contributed by atoms with Gasteiger partial charge in [-0.1, -0.05) is 42.0 Å². The third-order valence-corrected chi connectivity index (χ3v) is 4.79. The molecule has 0 spiro atoms. The van der Waals surface area contributed by atoms with Crippen molar-refractivity contribution in [3.63, 3.8) is 0 Å². The van der Waals surface area contributed by atoms with Gasteiger partial charge in [0.2, 0.25) is 0 Å². The first-order valence-corrected chi connectivity index (χ1v) is 10.0. The summed E-state index contributed by atoms with van der Waals surface area (Å²) in [4.78, 5) is 12.6. The van der Waals surface area contributed by atoms with Crippen LogP contribution in [-0.4, -0.2) is 15.7 Å². The number of nitrogens with zero attached hydrogens (tertiary/aromatic N) is 2. The number of hydrogen-bond donors (Lipinski definition) is 1. The van der Waals surface area contributed by atoms with Crippen LogP contribution in [0.25, 0.3) is 0 Å². The Morgan fingerprint density at radius 2 is 1.81 bits per heavy atom. The van der Waals surface area contributed by atoms with Gasteiger partial charge in [0.15, 0.2) is 17.4 Å².